The zero-order valence-corrected chi connectivity index (χ0v) is 8.39. The maximum absolute atomic E-state index is 11.1. The summed E-state index contributed by atoms with van der Waals surface area (Å²) in [5.41, 5.74) is 0.423. The first-order chi connectivity index (χ1) is 5.65. The molecule has 0 fully saturated rings. The topological polar surface area (TPSA) is 37.3 Å². The third kappa shape index (κ3) is 1.99. The van der Waals surface area contributed by atoms with Gasteiger partial charge in [0.2, 0.25) is 0 Å². The van der Waals surface area contributed by atoms with Crippen LogP contribution in [-0.4, -0.2) is 16.2 Å². The first-order valence-corrected chi connectivity index (χ1v) is 4.72. The monoisotopic (exact) mass is 248 g/mol. The Hall–Kier alpha value is -0.540. The molecule has 0 spiro atoms. The highest BCUT2D eigenvalue weighted by Crippen LogP contribution is 2.22. The van der Waals surface area contributed by atoms with Crippen LogP contribution in [0.5, 0.6) is 5.75 Å². The third-order valence-electron chi connectivity index (χ3n) is 1.37. The molecule has 0 amide bonds. The van der Waals surface area contributed by atoms with Crippen LogP contribution in [-0.2, 0) is 0 Å². The van der Waals surface area contributed by atoms with E-state index in [9.17, 15) is 4.79 Å². The van der Waals surface area contributed by atoms with Crippen molar-refractivity contribution in [3.63, 3.8) is 0 Å². The van der Waals surface area contributed by atoms with Gasteiger partial charge in [0.1, 0.15) is 5.75 Å². The number of rotatable bonds is 2. The lowest BCUT2D eigenvalue weighted by Crippen LogP contribution is -2.00. The molecule has 0 bridgehead atoms. The molecule has 1 rings (SSSR count). The molecule has 0 aromatic heterocycles. The fourth-order valence-corrected chi connectivity index (χ4v) is 1.38. The minimum Gasteiger partial charge on any atom is -0.508 e. The van der Waals surface area contributed by atoms with Gasteiger partial charge < -0.3 is 5.11 Å². The smallest absolute Gasteiger partial charge is 0.174 e. The number of phenolic OH excluding ortho intramolecular Hbond substituents is 1. The molecule has 0 radical (unpaired) electrons. The summed E-state index contributed by atoms with van der Waals surface area (Å²) in [5, 5.41) is 9.50. The molecule has 1 aromatic rings. The van der Waals surface area contributed by atoms with E-state index in [2.05, 4.69) is 15.9 Å². The number of Topliss-reactive ketones (excluding diaryl/α,β-unsaturated/α-hetero) is 1. The van der Waals surface area contributed by atoms with Crippen molar-refractivity contribution < 1.29 is 9.90 Å². The Morgan fingerprint density at radius 2 is 2.25 bits per heavy atom. The number of carbonyl (C=O) groups is 1. The van der Waals surface area contributed by atoms with Crippen LogP contribution >= 0.6 is 27.5 Å². The summed E-state index contributed by atoms with van der Waals surface area (Å²) in [6.45, 7) is 0. The first kappa shape index (κ1) is 9.55. The molecule has 2 nitrogen and oxygen atoms in total. The van der Waals surface area contributed by atoms with Crippen LogP contribution in [0.4, 0.5) is 0 Å². The van der Waals surface area contributed by atoms with E-state index in [1.165, 1.54) is 18.2 Å². The average Bonchev–Trinajstić information content (AvgIpc) is 2.03. The summed E-state index contributed by atoms with van der Waals surface area (Å²) in [7, 11) is 0. The summed E-state index contributed by atoms with van der Waals surface area (Å²) in [5.74, 6) is -0.0360. The van der Waals surface area contributed by atoms with E-state index >= 15 is 0 Å². The second kappa shape index (κ2) is 3.92. The molecule has 0 aliphatic carbocycles. The first-order valence-electron chi connectivity index (χ1n) is 3.23. The van der Waals surface area contributed by atoms with E-state index in [1.807, 2.05) is 0 Å². The van der Waals surface area contributed by atoms with Crippen molar-refractivity contribution >= 4 is 33.3 Å². The normalized spacial score (nSPS) is 9.83. The van der Waals surface area contributed by atoms with Crippen LogP contribution < -0.4 is 0 Å². The zero-order valence-electron chi connectivity index (χ0n) is 6.05. The van der Waals surface area contributed by atoms with Gasteiger partial charge in [0.15, 0.2) is 5.78 Å². The van der Waals surface area contributed by atoms with Gasteiger partial charge in [-0.2, -0.15) is 0 Å². The Bertz CT molecular complexity index is 312. The van der Waals surface area contributed by atoms with Crippen LogP contribution in [0.2, 0.25) is 5.02 Å². The van der Waals surface area contributed by atoms with Gasteiger partial charge >= 0.3 is 0 Å². The number of hydrogen-bond donors (Lipinski definition) is 1. The lowest BCUT2D eigenvalue weighted by atomic mass is 10.1. The molecule has 12 heavy (non-hydrogen) atoms. The highest BCUT2D eigenvalue weighted by atomic mass is 79.9. The lowest BCUT2D eigenvalue weighted by molar-refractivity contribution is 0.102. The molecule has 0 saturated carbocycles. The summed E-state index contributed by atoms with van der Waals surface area (Å²) in [4.78, 5) is 11.1. The van der Waals surface area contributed by atoms with Crippen molar-refractivity contribution in [2.75, 3.05) is 5.33 Å². The van der Waals surface area contributed by atoms with Crippen molar-refractivity contribution in [1.82, 2.24) is 0 Å². The van der Waals surface area contributed by atoms with E-state index < -0.39 is 0 Å². The Morgan fingerprint density at radius 3 is 2.75 bits per heavy atom. The predicted octanol–water partition coefficient (Wildman–Crippen LogP) is 2.62. The van der Waals surface area contributed by atoms with Gasteiger partial charge in [-0.15, -0.1) is 0 Å². The molecule has 0 aliphatic heterocycles. The van der Waals surface area contributed by atoms with Crippen LogP contribution in [0.3, 0.4) is 0 Å². The van der Waals surface area contributed by atoms with Crippen molar-refractivity contribution in [1.29, 1.82) is 0 Å². The summed E-state index contributed by atoms with van der Waals surface area (Å²) in [6, 6.07) is 4.28. The van der Waals surface area contributed by atoms with Crippen LogP contribution in [0.1, 0.15) is 10.4 Å². The highest BCUT2D eigenvalue weighted by molar-refractivity contribution is 9.09. The SMILES string of the molecule is O=C(CBr)c1ccc(O)cc1Cl. The third-order valence-corrected chi connectivity index (χ3v) is 2.20. The number of benzene rings is 1. The number of aromatic hydroxyl groups is 1. The second-order valence-corrected chi connectivity index (χ2v) is 3.19. The van der Waals surface area contributed by atoms with Crippen LogP contribution in [0.25, 0.3) is 0 Å². The Morgan fingerprint density at radius 1 is 1.58 bits per heavy atom. The highest BCUT2D eigenvalue weighted by Gasteiger charge is 2.08. The van der Waals surface area contributed by atoms with Crippen molar-refractivity contribution in [3.05, 3.63) is 28.8 Å². The molecular formula is C8H6BrClO2. The number of halogens is 2. The quantitative estimate of drug-likeness (QED) is 0.646. The number of ketones is 1. The van der Waals surface area contributed by atoms with E-state index in [1.54, 1.807) is 0 Å². The molecule has 0 atom stereocenters. The number of phenols is 1. The standard InChI is InChI=1S/C8H6BrClO2/c9-4-8(12)6-2-1-5(11)3-7(6)10/h1-3,11H,4H2. The minimum absolute atomic E-state index is 0.0612. The molecule has 0 heterocycles. The van der Waals surface area contributed by atoms with Gasteiger partial charge in [-0.25, -0.2) is 0 Å². The van der Waals surface area contributed by atoms with Gasteiger partial charge in [-0.3, -0.25) is 4.79 Å². The predicted molar refractivity (Wildman–Crippen MR) is 51.2 cm³/mol. The number of carbonyl (C=O) groups excluding carboxylic acids is 1. The Labute approximate surface area is 83.3 Å². The molecular weight excluding hydrogens is 243 g/mol. The lowest BCUT2D eigenvalue weighted by Gasteiger charge is -2.00. The fourth-order valence-electron chi connectivity index (χ4n) is 0.802. The largest absolute Gasteiger partial charge is 0.508 e. The fraction of sp³-hybridized carbons (Fsp3) is 0.125. The van der Waals surface area contributed by atoms with E-state index in [-0.39, 0.29) is 21.9 Å². The van der Waals surface area contributed by atoms with Crippen LogP contribution in [0, 0.1) is 0 Å². The maximum Gasteiger partial charge on any atom is 0.174 e. The van der Waals surface area contributed by atoms with E-state index in [0.717, 1.165) is 0 Å². The minimum atomic E-state index is -0.0972. The average molecular weight is 249 g/mol. The summed E-state index contributed by atoms with van der Waals surface area (Å²) >= 11 is 8.73. The molecule has 0 saturated heterocycles. The second-order valence-electron chi connectivity index (χ2n) is 2.22. The number of alkyl halides is 1. The molecule has 1 N–H and O–H groups in total. The maximum atomic E-state index is 11.1. The molecule has 0 unspecified atom stereocenters. The molecule has 4 heteroatoms. The van der Waals surface area contributed by atoms with Gasteiger partial charge in [0.25, 0.3) is 0 Å². The van der Waals surface area contributed by atoms with E-state index in [4.69, 9.17) is 16.7 Å². The van der Waals surface area contributed by atoms with Crippen molar-refractivity contribution in [2.45, 2.75) is 0 Å². The zero-order chi connectivity index (χ0) is 9.14. The van der Waals surface area contributed by atoms with Gasteiger partial charge in [0.05, 0.1) is 10.4 Å². The molecule has 0 aliphatic rings. The van der Waals surface area contributed by atoms with E-state index in [0.29, 0.717) is 5.56 Å². The Balaban J connectivity index is 3.09. The van der Waals surface area contributed by atoms with Crippen LogP contribution in [0.15, 0.2) is 18.2 Å². The van der Waals surface area contributed by atoms with Crippen molar-refractivity contribution in [3.8, 4) is 5.75 Å². The van der Waals surface area contributed by atoms with Crippen molar-refractivity contribution in [2.24, 2.45) is 0 Å². The molecule has 64 valence electrons. The summed E-state index contributed by atoms with van der Waals surface area (Å²) < 4.78 is 0. The summed E-state index contributed by atoms with van der Waals surface area (Å²) in [6.07, 6.45) is 0. The van der Waals surface area contributed by atoms with Gasteiger partial charge in [-0.1, -0.05) is 27.5 Å². The van der Waals surface area contributed by atoms with Gasteiger partial charge in [-0.05, 0) is 18.2 Å². The number of hydrogen-bond acceptors (Lipinski definition) is 2. The molecule has 1 aromatic carbocycles. The Kier molecular flexibility index (Phi) is 3.12. The van der Waals surface area contributed by atoms with Gasteiger partial charge in [0, 0.05) is 5.56 Å².